The largest absolute Gasteiger partial charge is 0.493 e. The summed E-state index contributed by atoms with van der Waals surface area (Å²) in [7, 11) is 0. The second kappa shape index (κ2) is 9.81. The van der Waals surface area contributed by atoms with Gasteiger partial charge in [-0.2, -0.15) is 0 Å². The minimum Gasteiger partial charge on any atom is -0.493 e. The number of rotatable bonds is 11. The lowest BCUT2D eigenvalue weighted by Crippen LogP contribution is -2.37. The van der Waals surface area contributed by atoms with Gasteiger partial charge in [0, 0.05) is 11.6 Å². The average Bonchev–Trinajstić information content (AvgIpc) is 2.97. The van der Waals surface area contributed by atoms with Crippen molar-refractivity contribution in [3.05, 3.63) is 28.8 Å². The van der Waals surface area contributed by atoms with Crippen molar-refractivity contribution in [1.82, 2.24) is 4.90 Å². The van der Waals surface area contributed by atoms with E-state index in [-0.39, 0.29) is 6.42 Å². The quantitative estimate of drug-likeness (QED) is 0.613. The number of hydrogen-bond acceptors (Lipinski definition) is 3. The number of ether oxygens (including phenoxy) is 1. The number of carbonyl (C=O) groups is 1. The van der Waals surface area contributed by atoms with E-state index in [2.05, 4.69) is 37.8 Å². The van der Waals surface area contributed by atoms with Gasteiger partial charge in [-0.25, -0.2) is 0 Å². The Morgan fingerprint density at radius 3 is 2.32 bits per heavy atom. The summed E-state index contributed by atoms with van der Waals surface area (Å²) < 4.78 is 5.92. The molecule has 0 heterocycles. The molecule has 1 aliphatic carbocycles. The Hall–Kier alpha value is -1.55. The Labute approximate surface area is 152 Å². The minimum absolute atomic E-state index is 0.0348. The molecule has 2 rings (SSSR count). The molecule has 1 aliphatic rings. The highest BCUT2D eigenvalue weighted by Gasteiger charge is 2.27. The lowest BCUT2D eigenvalue weighted by Gasteiger charge is -2.27. The topological polar surface area (TPSA) is 49.8 Å². The van der Waals surface area contributed by atoms with E-state index in [1.54, 1.807) is 0 Å². The molecule has 0 fully saturated rings. The lowest BCUT2D eigenvalue weighted by atomic mass is 10.0. The number of carboxylic acid groups (broad SMARTS) is 1. The zero-order valence-corrected chi connectivity index (χ0v) is 16.0. The number of carboxylic acids is 1. The fraction of sp³-hybridized carbons (Fsp3) is 0.667. The van der Waals surface area contributed by atoms with E-state index in [1.165, 1.54) is 24.0 Å². The van der Waals surface area contributed by atoms with Crippen LogP contribution in [-0.2, 0) is 24.1 Å². The number of aliphatic carboxylic acids is 1. The molecule has 0 saturated carbocycles. The molecule has 25 heavy (non-hydrogen) atoms. The summed E-state index contributed by atoms with van der Waals surface area (Å²) in [6, 6.07) is 4.73. The molecule has 1 aromatic rings. The highest BCUT2D eigenvalue weighted by Crippen LogP contribution is 2.32. The molecule has 1 N–H and O–H groups in total. The van der Waals surface area contributed by atoms with Crippen molar-refractivity contribution in [2.75, 3.05) is 19.7 Å². The smallest absolute Gasteiger partial charge is 0.307 e. The molecule has 0 saturated heterocycles. The molecule has 1 unspecified atom stereocenters. The van der Waals surface area contributed by atoms with Crippen LogP contribution in [-0.4, -0.2) is 41.7 Å². The van der Waals surface area contributed by atoms with Crippen molar-refractivity contribution in [2.24, 2.45) is 0 Å². The number of nitrogens with zero attached hydrogens (tertiary/aromatic N) is 1. The first kappa shape index (κ1) is 19.8. The number of benzene rings is 1. The van der Waals surface area contributed by atoms with Gasteiger partial charge in [-0.15, -0.1) is 0 Å². The van der Waals surface area contributed by atoms with Crippen LogP contribution in [0.3, 0.4) is 0 Å². The van der Waals surface area contributed by atoms with Gasteiger partial charge in [-0.3, -0.25) is 9.69 Å². The Kier molecular flexibility index (Phi) is 7.76. The number of fused-ring (bicyclic) bond motifs is 1. The predicted molar refractivity (Wildman–Crippen MR) is 102 cm³/mol. The molecule has 0 radical (unpaired) electrons. The maximum atomic E-state index is 11.2. The van der Waals surface area contributed by atoms with Gasteiger partial charge in [-0.05, 0) is 62.4 Å². The van der Waals surface area contributed by atoms with Gasteiger partial charge in [-0.1, -0.05) is 33.3 Å². The van der Waals surface area contributed by atoms with Gasteiger partial charge >= 0.3 is 5.97 Å². The standard InChI is InChI=1S/C21H33NO3/c1-4-7-10-25-20-14-17-13-19(22(8-5-2)9-6-3)12-16(17)11-18(20)15-21(23)24/h11,14,19H,4-10,12-13,15H2,1-3H3,(H,23,24). The van der Waals surface area contributed by atoms with E-state index < -0.39 is 5.97 Å². The van der Waals surface area contributed by atoms with Crippen LogP contribution in [0, 0.1) is 0 Å². The molecule has 0 bridgehead atoms. The van der Waals surface area contributed by atoms with Crippen LogP contribution in [0.25, 0.3) is 0 Å². The van der Waals surface area contributed by atoms with Crippen molar-refractivity contribution in [1.29, 1.82) is 0 Å². The van der Waals surface area contributed by atoms with Crippen molar-refractivity contribution in [3.8, 4) is 5.75 Å². The summed E-state index contributed by atoms with van der Waals surface area (Å²) in [4.78, 5) is 13.8. The molecule has 0 aliphatic heterocycles. The van der Waals surface area contributed by atoms with E-state index in [1.807, 2.05) is 0 Å². The summed E-state index contributed by atoms with van der Waals surface area (Å²) in [6.07, 6.45) is 6.51. The van der Waals surface area contributed by atoms with Crippen molar-refractivity contribution in [2.45, 2.75) is 71.8 Å². The fourth-order valence-electron chi connectivity index (χ4n) is 3.75. The van der Waals surface area contributed by atoms with E-state index in [0.29, 0.717) is 12.6 Å². The van der Waals surface area contributed by atoms with Gasteiger partial charge in [0.15, 0.2) is 0 Å². The summed E-state index contributed by atoms with van der Waals surface area (Å²) in [5.74, 6) is -0.0267. The Morgan fingerprint density at radius 1 is 1.12 bits per heavy atom. The van der Waals surface area contributed by atoms with Gasteiger partial charge in [0.05, 0.1) is 13.0 Å². The third kappa shape index (κ3) is 5.46. The predicted octanol–water partition coefficient (Wildman–Crippen LogP) is 4.08. The van der Waals surface area contributed by atoms with Crippen LogP contribution < -0.4 is 4.74 Å². The zero-order valence-electron chi connectivity index (χ0n) is 16.0. The molecule has 1 aromatic carbocycles. The highest BCUT2D eigenvalue weighted by molar-refractivity contribution is 5.71. The maximum absolute atomic E-state index is 11.2. The van der Waals surface area contributed by atoms with Crippen LogP contribution in [0.4, 0.5) is 0 Å². The molecule has 4 nitrogen and oxygen atoms in total. The number of hydrogen-bond donors (Lipinski definition) is 1. The second-order valence-corrected chi connectivity index (χ2v) is 7.10. The van der Waals surface area contributed by atoms with E-state index in [4.69, 9.17) is 4.74 Å². The third-order valence-corrected chi connectivity index (χ3v) is 4.93. The molecular formula is C21H33NO3. The monoisotopic (exact) mass is 347 g/mol. The van der Waals surface area contributed by atoms with Crippen LogP contribution in [0.1, 0.15) is 63.1 Å². The fourth-order valence-corrected chi connectivity index (χ4v) is 3.75. The zero-order chi connectivity index (χ0) is 18.2. The van der Waals surface area contributed by atoms with Crippen molar-refractivity contribution >= 4 is 5.97 Å². The van der Waals surface area contributed by atoms with Gasteiger partial charge in [0.25, 0.3) is 0 Å². The van der Waals surface area contributed by atoms with Crippen LogP contribution in [0.5, 0.6) is 5.75 Å². The Bertz CT molecular complexity index is 565. The summed E-state index contributed by atoms with van der Waals surface area (Å²) in [6.45, 7) is 9.52. The van der Waals surface area contributed by atoms with Gasteiger partial charge in [0.2, 0.25) is 0 Å². The normalized spacial score (nSPS) is 16.2. The van der Waals surface area contributed by atoms with Crippen molar-refractivity contribution < 1.29 is 14.6 Å². The molecule has 0 spiro atoms. The summed E-state index contributed by atoms with van der Waals surface area (Å²) in [5.41, 5.74) is 3.46. The Morgan fingerprint density at radius 2 is 1.76 bits per heavy atom. The Balaban J connectivity index is 2.19. The second-order valence-electron chi connectivity index (χ2n) is 7.10. The molecule has 0 amide bonds. The summed E-state index contributed by atoms with van der Waals surface area (Å²) >= 11 is 0. The summed E-state index contributed by atoms with van der Waals surface area (Å²) in [5, 5.41) is 9.23. The van der Waals surface area contributed by atoms with Gasteiger partial charge < -0.3 is 9.84 Å². The molecule has 4 heteroatoms. The first-order valence-corrected chi connectivity index (χ1v) is 9.82. The first-order valence-electron chi connectivity index (χ1n) is 9.82. The van der Waals surface area contributed by atoms with Crippen molar-refractivity contribution in [3.63, 3.8) is 0 Å². The molecular weight excluding hydrogens is 314 g/mol. The molecule has 140 valence electrons. The van der Waals surface area contributed by atoms with Crippen LogP contribution >= 0.6 is 0 Å². The van der Waals surface area contributed by atoms with Gasteiger partial charge in [0.1, 0.15) is 5.75 Å². The van der Waals surface area contributed by atoms with E-state index >= 15 is 0 Å². The average molecular weight is 347 g/mol. The van der Waals surface area contributed by atoms with E-state index in [9.17, 15) is 9.90 Å². The van der Waals surface area contributed by atoms with E-state index in [0.717, 1.165) is 50.1 Å². The third-order valence-electron chi connectivity index (χ3n) is 4.93. The molecule has 1 atom stereocenters. The SMILES string of the molecule is CCCCOc1cc2c(cc1CC(=O)O)CC(N(CCC)CCC)C2. The maximum Gasteiger partial charge on any atom is 0.307 e. The van der Waals surface area contributed by atoms with Crippen LogP contribution in [0.15, 0.2) is 12.1 Å². The minimum atomic E-state index is -0.798. The first-order chi connectivity index (χ1) is 12.1. The molecule has 0 aromatic heterocycles. The number of unbranched alkanes of at least 4 members (excludes halogenated alkanes) is 1. The van der Waals surface area contributed by atoms with Crippen LogP contribution in [0.2, 0.25) is 0 Å². The highest BCUT2D eigenvalue weighted by atomic mass is 16.5. The lowest BCUT2D eigenvalue weighted by molar-refractivity contribution is -0.136.